The van der Waals surface area contributed by atoms with Crippen molar-refractivity contribution in [1.82, 2.24) is 5.32 Å². The number of esters is 1. The monoisotopic (exact) mass is 229 g/mol. The zero-order valence-corrected chi connectivity index (χ0v) is 10.5. The molecule has 16 heavy (non-hydrogen) atoms. The minimum absolute atomic E-state index is 0.0261. The number of carbonyl (C=O) groups is 2. The average Bonchev–Trinajstić information content (AvgIpc) is 2.21. The van der Waals surface area contributed by atoms with E-state index >= 15 is 0 Å². The molecule has 0 saturated heterocycles. The van der Waals surface area contributed by atoms with Crippen molar-refractivity contribution in [2.75, 3.05) is 7.11 Å². The van der Waals surface area contributed by atoms with Crippen LogP contribution in [0.5, 0.6) is 0 Å². The molecule has 4 nitrogen and oxygen atoms in total. The summed E-state index contributed by atoms with van der Waals surface area (Å²) in [6, 6.07) is 0.248. The van der Waals surface area contributed by atoms with E-state index in [4.69, 9.17) is 0 Å². The van der Waals surface area contributed by atoms with E-state index in [1.165, 1.54) is 14.0 Å². The van der Waals surface area contributed by atoms with E-state index in [1.54, 1.807) is 0 Å². The SMILES string of the molecule is COC(=O)CCCCCCC(C)NC(C)=O. The van der Waals surface area contributed by atoms with Crippen LogP contribution < -0.4 is 5.32 Å². The Hall–Kier alpha value is -1.06. The van der Waals surface area contributed by atoms with Crippen LogP contribution in [0.2, 0.25) is 0 Å². The van der Waals surface area contributed by atoms with Gasteiger partial charge < -0.3 is 10.1 Å². The van der Waals surface area contributed by atoms with Gasteiger partial charge in [-0.2, -0.15) is 0 Å². The van der Waals surface area contributed by atoms with Gasteiger partial charge in [0, 0.05) is 19.4 Å². The summed E-state index contributed by atoms with van der Waals surface area (Å²) >= 11 is 0. The predicted molar refractivity (Wildman–Crippen MR) is 63.0 cm³/mol. The van der Waals surface area contributed by atoms with Crippen molar-refractivity contribution in [2.45, 2.75) is 58.4 Å². The molecule has 0 bridgehead atoms. The number of hydrogen-bond acceptors (Lipinski definition) is 3. The molecule has 0 heterocycles. The highest BCUT2D eigenvalue weighted by molar-refractivity contribution is 5.73. The van der Waals surface area contributed by atoms with Crippen LogP contribution in [0, 0.1) is 0 Å². The van der Waals surface area contributed by atoms with Gasteiger partial charge in [-0.05, 0) is 19.8 Å². The molecular formula is C12H23NO3. The molecule has 1 amide bonds. The second-order valence-electron chi connectivity index (χ2n) is 4.13. The summed E-state index contributed by atoms with van der Waals surface area (Å²) in [5.74, 6) is -0.107. The molecule has 4 heteroatoms. The molecule has 1 N–H and O–H groups in total. The van der Waals surface area contributed by atoms with Crippen molar-refractivity contribution in [2.24, 2.45) is 0 Å². The highest BCUT2D eigenvalue weighted by Gasteiger charge is 2.03. The fourth-order valence-electron chi connectivity index (χ4n) is 1.59. The lowest BCUT2D eigenvalue weighted by molar-refractivity contribution is -0.140. The number of ether oxygens (including phenoxy) is 1. The summed E-state index contributed by atoms with van der Waals surface area (Å²) in [5.41, 5.74) is 0. The lowest BCUT2D eigenvalue weighted by Gasteiger charge is -2.11. The highest BCUT2D eigenvalue weighted by atomic mass is 16.5. The van der Waals surface area contributed by atoms with E-state index in [0.717, 1.165) is 32.1 Å². The van der Waals surface area contributed by atoms with Crippen molar-refractivity contribution in [3.8, 4) is 0 Å². The van der Waals surface area contributed by atoms with Crippen molar-refractivity contribution in [3.63, 3.8) is 0 Å². The molecule has 0 aliphatic heterocycles. The largest absolute Gasteiger partial charge is 0.469 e. The zero-order chi connectivity index (χ0) is 12.4. The maximum atomic E-state index is 10.8. The molecule has 0 aliphatic carbocycles. The van der Waals surface area contributed by atoms with E-state index in [-0.39, 0.29) is 17.9 Å². The molecule has 0 fully saturated rings. The predicted octanol–water partition coefficient (Wildman–Crippen LogP) is 2.02. The standard InChI is InChI=1S/C12H23NO3/c1-10(13-11(2)14)8-6-4-5-7-9-12(15)16-3/h10H,4-9H2,1-3H3,(H,13,14). The minimum atomic E-state index is -0.133. The third-order valence-corrected chi connectivity index (χ3v) is 2.45. The van der Waals surface area contributed by atoms with Gasteiger partial charge in [-0.3, -0.25) is 9.59 Å². The van der Waals surface area contributed by atoms with Gasteiger partial charge in [-0.25, -0.2) is 0 Å². The number of amides is 1. The fraction of sp³-hybridized carbons (Fsp3) is 0.833. The van der Waals surface area contributed by atoms with E-state index in [9.17, 15) is 9.59 Å². The van der Waals surface area contributed by atoms with E-state index in [0.29, 0.717) is 6.42 Å². The van der Waals surface area contributed by atoms with Crippen molar-refractivity contribution in [3.05, 3.63) is 0 Å². The van der Waals surface area contributed by atoms with Gasteiger partial charge in [-0.1, -0.05) is 19.3 Å². The molecule has 0 spiro atoms. The van der Waals surface area contributed by atoms with Crippen LogP contribution in [0.1, 0.15) is 52.4 Å². The number of hydrogen-bond donors (Lipinski definition) is 1. The Bertz CT molecular complexity index is 216. The number of nitrogens with one attached hydrogen (secondary N) is 1. The van der Waals surface area contributed by atoms with Crippen molar-refractivity contribution >= 4 is 11.9 Å². The third-order valence-electron chi connectivity index (χ3n) is 2.45. The summed E-state index contributed by atoms with van der Waals surface area (Å²) in [4.78, 5) is 21.5. The van der Waals surface area contributed by atoms with Crippen LogP contribution in [-0.4, -0.2) is 25.0 Å². The van der Waals surface area contributed by atoms with Gasteiger partial charge in [-0.15, -0.1) is 0 Å². The summed E-state index contributed by atoms with van der Waals surface area (Å²) in [7, 11) is 1.41. The van der Waals surface area contributed by atoms with Crippen LogP contribution >= 0.6 is 0 Å². The molecule has 0 aromatic rings. The molecule has 94 valence electrons. The number of methoxy groups -OCH3 is 1. The van der Waals surface area contributed by atoms with Gasteiger partial charge in [0.05, 0.1) is 7.11 Å². The van der Waals surface area contributed by atoms with Crippen LogP contribution in [0.4, 0.5) is 0 Å². The first-order valence-electron chi connectivity index (χ1n) is 5.90. The molecule has 0 radical (unpaired) electrons. The van der Waals surface area contributed by atoms with Gasteiger partial charge in [0.15, 0.2) is 0 Å². The average molecular weight is 229 g/mol. The first kappa shape index (κ1) is 14.9. The summed E-state index contributed by atoms with van der Waals surface area (Å²) in [5, 5.41) is 2.85. The van der Waals surface area contributed by atoms with E-state index < -0.39 is 0 Å². The summed E-state index contributed by atoms with van der Waals surface area (Å²) in [6.45, 7) is 3.54. The Morgan fingerprint density at radius 2 is 1.81 bits per heavy atom. The Morgan fingerprint density at radius 1 is 1.19 bits per heavy atom. The van der Waals surface area contributed by atoms with Crippen LogP contribution in [0.3, 0.4) is 0 Å². The Labute approximate surface area is 97.7 Å². The van der Waals surface area contributed by atoms with Crippen LogP contribution in [-0.2, 0) is 14.3 Å². The second kappa shape index (κ2) is 9.19. The van der Waals surface area contributed by atoms with Crippen molar-refractivity contribution in [1.29, 1.82) is 0 Å². The first-order valence-corrected chi connectivity index (χ1v) is 5.90. The number of unbranched alkanes of at least 4 members (excludes halogenated alkanes) is 3. The molecule has 0 aromatic heterocycles. The number of carbonyl (C=O) groups excluding carboxylic acids is 2. The van der Waals surface area contributed by atoms with E-state index in [2.05, 4.69) is 10.1 Å². The molecule has 0 saturated carbocycles. The quantitative estimate of drug-likeness (QED) is 0.512. The molecule has 0 aliphatic rings. The second-order valence-corrected chi connectivity index (χ2v) is 4.13. The zero-order valence-electron chi connectivity index (χ0n) is 10.5. The highest BCUT2D eigenvalue weighted by Crippen LogP contribution is 2.07. The molecule has 0 rings (SSSR count). The summed E-state index contributed by atoms with van der Waals surface area (Å²) < 4.78 is 4.55. The van der Waals surface area contributed by atoms with Gasteiger partial charge in [0.2, 0.25) is 5.91 Å². The normalized spacial score (nSPS) is 11.9. The molecule has 1 atom stereocenters. The Morgan fingerprint density at radius 3 is 2.38 bits per heavy atom. The maximum absolute atomic E-state index is 10.8. The first-order chi connectivity index (χ1) is 7.56. The molecule has 1 unspecified atom stereocenters. The molecular weight excluding hydrogens is 206 g/mol. The fourth-order valence-corrected chi connectivity index (χ4v) is 1.59. The lowest BCUT2D eigenvalue weighted by Crippen LogP contribution is -2.30. The Balaban J connectivity index is 3.26. The van der Waals surface area contributed by atoms with Gasteiger partial charge >= 0.3 is 5.97 Å². The third kappa shape index (κ3) is 9.49. The van der Waals surface area contributed by atoms with Gasteiger partial charge in [0.1, 0.15) is 0 Å². The van der Waals surface area contributed by atoms with Crippen LogP contribution in [0.25, 0.3) is 0 Å². The smallest absolute Gasteiger partial charge is 0.305 e. The number of rotatable bonds is 8. The van der Waals surface area contributed by atoms with E-state index in [1.807, 2.05) is 6.92 Å². The van der Waals surface area contributed by atoms with Gasteiger partial charge in [0.25, 0.3) is 0 Å². The summed E-state index contributed by atoms with van der Waals surface area (Å²) in [6.07, 6.45) is 5.63. The lowest BCUT2D eigenvalue weighted by atomic mass is 10.1. The van der Waals surface area contributed by atoms with Crippen molar-refractivity contribution < 1.29 is 14.3 Å². The molecule has 0 aromatic carbocycles. The maximum Gasteiger partial charge on any atom is 0.305 e. The Kier molecular flexibility index (Phi) is 8.58. The van der Waals surface area contributed by atoms with Crippen LogP contribution in [0.15, 0.2) is 0 Å². The minimum Gasteiger partial charge on any atom is -0.469 e. The topological polar surface area (TPSA) is 55.4 Å².